The molecule has 2 N–H and O–H groups in total. The monoisotopic (exact) mass is 389 g/mol. The fourth-order valence-electron chi connectivity index (χ4n) is 2.85. The van der Waals surface area contributed by atoms with Crippen LogP contribution in [0, 0.1) is 22.7 Å². The summed E-state index contributed by atoms with van der Waals surface area (Å²) in [6.07, 6.45) is 1.54. The van der Waals surface area contributed by atoms with Gasteiger partial charge in [-0.2, -0.15) is 15.6 Å². The number of benzene rings is 2. The van der Waals surface area contributed by atoms with Crippen molar-refractivity contribution in [1.82, 2.24) is 9.78 Å². The number of nitriles is 2. The molecule has 7 nitrogen and oxygen atoms in total. The molecule has 0 spiro atoms. The Morgan fingerprint density at radius 3 is 2.57 bits per heavy atom. The van der Waals surface area contributed by atoms with Crippen molar-refractivity contribution >= 4 is 29.1 Å². The average molecular weight is 390 g/mol. The van der Waals surface area contributed by atoms with Crippen LogP contribution in [0.3, 0.4) is 0 Å². The standard InChI is InChI=1S/C20H12ClN5O2/c21-16-8-18-17(27-11-28-18)7-12(16)6-13(9-22)19-15(10-23)20(24)26(25-19)14-4-2-1-3-5-14/h1-8H,11,24H2/b13-6+. The van der Waals surface area contributed by atoms with E-state index in [4.69, 9.17) is 26.8 Å². The van der Waals surface area contributed by atoms with Crippen molar-refractivity contribution in [2.75, 3.05) is 12.5 Å². The number of hydrogen-bond acceptors (Lipinski definition) is 6. The minimum absolute atomic E-state index is 0.112. The molecule has 28 heavy (non-hydrogen) atoms. The van der Waals surface area contributed by atoms with Crippen LogP contribution in [0.2, 0.25) is 5.02 Å². The number of para-hydroxylation sites is 1. The number of nitrogens with zero attached hydrogens (tertiary/aromatic N) is 4. The highest BCUT2D eigenvalue weighted by Crippen LogP contribution is 2.38. The topological polar surface area (TPSA) is 110 Å². The number of fused-ring (bicyclic) bond motifs is 1. The molecule has 0 bridgehead atoms. The number of aromatic nitrogens is 2. The molecule has 3 aromatic rings. The van der Waals surface area contributed by atoms with Gasteiger partial charge in [0.15, 0.2) is 11.5 Å². The number of allylic oxidation sites excluding steroid dienone is 1. The summed E-state index contributed by atoms with van der Waals surface area (Å²) in [6.45, 7) is 0.112. The van der Waals surface area contributed by atoms with Gasteiger partial charge in [0.25, 0.3) is 0 Å². The molecule has 2 aromatic carbocycles. The molecule has 8 heteroatoms. The number of nitrogens with two attached hydrogens (primary N) is 1. The van der Waals surface area contributed by atoms with Crippen molar-refractivity contribution in [3.05, 3.63) is 64.3 Å². The normalized spacial score (nSPS) is 12.5. The van der Waals surface area contributed by atoms with E-state index < -0.39 is 0 Å². The van der Waals surface area contributed by atoms with Crippen molar-refractivity contribution < 1.29 is 9.47 Å². The van der Waals surface area contributed by atoms with Crippen LogP contribution in [-0.2, 0) is 0 Å². The molecule has 4 rings (SSSR count). The van der Waals surface area contributed by atoms with E-state index in [0.717, 1.165) is 0 Å². The number of nitrogen functional groups attached to an aromatic ring is 1. The average Bonchev–Trinajstić information content (AvgIpc) is 3.30. The van der Waals surface area contributed by atoms with Gasteiger partial charge < -0.3 is 15.2 Å². The van der Waals surface area contributed by atoms with Crippen LogP contribution in [0.4, 0.5) is 5.82 Å². The number of rotatable bonds is 3. The largest absolute Gasteiger partial charge is 0.454 e. The zero-order valence-electron chi connectivity index (χ0n) is 14.4. The molecule has 1 aliphatic rings. The molecule has 0 aliphatic carbocycles. The molecule has 0 amide bonds. The maximum Gasteiger partial charge on any atom is 0.231 e. The van der Waals surface area contributed by atoms with Crippen molar-refractivity contribution in [2.24, 2.45) is 0 Å². The van der Waals surface area contributed by atoms with Crippen LogP contribution in [0.15, 0.2) is 42.5 Å². The van der Waals surface area contributed by atoms with Crippen LogP contribution in [0.5, 0.6) is 11.5 Å². The summed E-state index contributed by atoms with van der Waals surface area (Å²) in [6, 6.07) is 16.5. The summed E-state index contributed by atoms with van der Waals surface area (Å²) >= 11 is 6.30. The Morgan fingerprint density at radius 2 is 1.89 bits per heavy atom. The summed E-state index contributed by atoms with van der Waals surface area (Å²) < 4.78 is 12.1. The van der Waals surface area contributed by atoms with Gasteiger partial charge >= 0.3 is 0 Å². The summed E-state index contributed by atoms with van der Waals surface area (Å²) in [4.78, 5) is 0. The van der Waals surface area contributed by atoms with E-state index in [1.165, 1.54) is 4.68 Å². The highest BCUT2D eigenvalue weighted by Gasteiger charge is 2.21. The van der Waals surface area contributed by atoms with Gasteiger partial charge in [-0.25, -0.2) is 4.68 Å². The fraction of sp³-hybridized carbons (Fsp3) is 0.0500. The van der Waals surface area contributed by atoms with Crippen molar-refractivity contribution in [3.63, 3.8) is 0 Å². The van der Waals surface area contributed by atoms with Crippen molar-refractivity contribution in [2.45, 2.75) is 0 Å². The number of halogens is 1. The maximum atomic E-state index is 9.70. The van der Waals surface area contributed by atoms with Crippen molar-refractivity contribution in [3.8, 4) is 29.3 Å². The highest BCUT2D eigenvalue weighted by atomic mass is 35.5. The Hall–Kier alpha value is -3.94. The smallest absolute Gasteiger partial charge is 0.231 e. The second-order valence-corrected chi connectivity index (χ2v) is 6.27. The first-order chi connectivity index (χ1) is 13.6. The van der Waals surface area contributed by atoms with Gasteiger partial charge in [-0.15, -0.1) is 0 Å². The van der Waals surface area contributed by atoms with Gasteiger partial charge in [0.2, 0.25) is 6.79 Å². The van der Waals surface area contributed by atoms with Crippen LogP contribution in [0.1, 0.15) is 16.8 Å². The Bertz CT molecular complexity index is 1190. The lowest BCUT2D eigenvalue weighted by Gasteiger charge is -2.03. The van der Waals surface area contributed by atoms with E-state index >= 15 is 0 Å². The van der Waals surface area contributed by atoms with Crippen LogP contribution < -0.4 is 15.2 Å². The van der Waals surface area contributed by atoms with Gasteiger partial charge in [-0.3, -0.25) is 0 Å². The minimum Gasteiger partial charge on any atom is -0.454 e. The molecule has 2 heterocycles. The molecule has 0 saturated carbocycles. The van der Waals surface area contributed by atoms with Gasteiger partial charge in [0.05, 0.1) is 16.3 Å². The van der Waals surface area contributed by atoms with Gasteiger partial charge in [-0.05, 0) is 29.8 Å². The molecule has 1 aromatic heterocycles. The lowest BCUT2D eigenvalue weighted by Crippen LogP contribution is -2.02. The summed E-state index contributed by atoms with van der Waals surface area (Å²) in [5.41, 5.74) is 7.79. The van der Waals surface area contributed by atoms with Gasteiger partial charge in [0, 0.05) is 6.07 Å². The fourth-order valence-corrected chi connectivity index (χ4v) is 3.06. The number of hydrogen-bond donors (Lipinski definition) is 1. The summed E-state index contributed by atoms with van der Waals surface area (Å²) in [5.74, 6) is 1.22. The van der Waals surface area contributed by atoms with E-state index in [-0.39, 0.29) is 29.4 Å². The Labute approximate surface area is 165 Å². The first kappa shape index (κ1) is 17.5. The first-order valence-electron chi connectivity index (χ1n) is 8.17. The third-order valence-electron chi connectivity index (χ3n) is 4.20. The van der Waals surface area contributed by atoms with E-state index in [1.807, 2.05) is 24.3 Å². The quantitative estimate of drug-likeness (QED) is 0.682. The molecule has 0 atom stereocenters. The highest BCUT2D eigenvalue weighted by molar-refractivity contribution is 6.32. The molecule has 0 fully saturated rings. The SMILES string of the molecule is N#C/C(=C\c1cc2c(cc1Cl)OCO2)c1nn(-c2ccccc2)c(N)c1C#N. The third-order valence-corrected chi connectivity index (χ3v) is 4.53. The van der Waals surface area contributed by atoms with Gasteiger partial charge in [0.1, 0.15) is 29.2 Å². The molecule has 1 aliphatic heterocycles. The van der Waals surface area contributed by atoms with E-state index in [2.05, 4.69) is 11.2 Å². The predicted molar refractivity (Wildman–Crippen MR) is 104 cm³/mol. The van der Waals surface area contributed by atoms with Gasteiger partial charge in [-0.1, -0.05) is 29.8 Å². The van der Waals surface area contributed by atoms with Crippen LogP contribution >= 0.6 is 11.6 Å². The molecular weight excluding hydrogens is 378 g/mol. The third kappa shape index (κ3) is 2.90. The molecule has 0 unspecified atom stereocenters. The zero-order chi connectivity index (χ0) is 19.7. The predicted octanol–water partition coefficient (Wildman–Crippen LogP) is 3.77. The minimum atomic E-state index is 0.112. The Balaban J connectivity index is 1.85. The molecule has 136 valence electrons. The number of ether oxygens (including phenoxy) is 2. The molecule has 0 saturated heterocycles. The molecular formula is C20H12ClN5O2. The second-order valence-electron chi connectivity index (χ2n) is 5.86. The summed E-state index contributed by atoms with van der Waals surface area (Å²) in [7, 11) is 0. The van der Waals surface area contributed by atoms with E-state index in [1.54, 1.807) is 30.3 Å². The first-order valence-corrected chi connectivity index (χ1v) is 8.55. The Kier molecular flexibility index (Phi) is 4.36. The summed E-state index contributed by atoms with van der Waals surface area (Å²) in [5, 5.41) is 24.0. The number of anilines is 1. The van der Waals surface area contributed by atoms with Crippen molar-refractivity contribution in [1.29, 1.82) is 10.5 Å². The zero-order valence-corrected chi connectivity index (χ0v) is 15.1. The van der Waals surface area contributed by atoms with E-state index in [9.17, 15) is 10.5 Å². The Morgan fingerprint density at radius 1 is 1.18 bits per heavy atom. The second kappa shape index (κ2) is 6.99. The maximum absolute atomic E-state index is 9.70. The molecule has 0 radical (unpaired) electrons. The lowest BCUT2D eigenvalue weighted by molar-refractivity contribution is 0.174. The van der Waals surface area contributed by atoms with Crippen LogP contribution in [-0.4, -0.2) is 16.6 Å². The van der Waals surface area contributed by atoms with Crippen LogP contribution in [0.25, 0.3) is 17.3 Å². The van der Waals surface area contributed by atoms with E-state index in [0.29, 0.717) is 27.8 Å². The lowest BCUT2D eigenvalue weighted by atomic mass is 10.1.